The molecule has 0 bridgehead atoms. The minimum atomic E-state index is -0.0809. The largest absolute Gasteiger partial charge is 0.508 e. The number of aromatic hydroxyl groups is 1. The van der Waals surface area contributed by atoms with Crippen LogP contribution in [0.3, 0.4) is 0 Å². The minimum absolute atomic E-state index is 0.0475. The fourth-order valence-corrected chi connectivity index (χ4v) is 2.57. The molecule has 24 heavy (non-hydrogen) atoms. The number of nitrogens with zero attached hydrogens (tertiary/aromatic N) is 1. The van der Waals surface area contributed by atoms with Crippen LogP contribution in [0.5, 0.6) is 5.75 Å². The summed E-state index contributed by atoms with van der Waals surface area (Å²) in [6, 6.07) is 16.8. The Kier molecular flexibility index (Phi) is 5.73. The lowest BCUT2D eigenvalue weighted by Crippen LogP contribution is -2.35. The molecule has 0 heterocycles. The summed E-state index contributed by atoms with van der Waals surface area (Å²) in [5, 5.41) is 21.6. The molecule has 2 aromatic rings. The molecule has 4 nitrogen and oxygen atoms in total. The Morgan fingerprint density at radius 2 is 1.92 bits per heavy atom. The zero-order chi connectivity index (χ0) is 17.6. The predicted octanol–water partition coefficient (Wildman–Crippen LogP) is 3.21. The van der Waals surface area contributed by atoms with Crippen LogP contribution in [-0.4, -0.2) is 24.0 Å². The number of nitrogens with one attached hydrogen (secondary N) is 1. The molecule has 0 aliphatic carbocycles. The molecular weight excluding hydrogens is 300 g/mol. The van der Waals surface area contributed by atoms with E-state index in [1.54, 1.807) is 12.1 Å². The second kappa shape index (κ2) is 7.76. The van der Waals surface area contributed by atoms with E-state index in [2.05, 4.69) is 31.3 Å². The Morgan fingerprint density at radius 1 is 1.21 bits per heavy atom. The van der Waals surface area contributed by atoms with Crippen LogP contribution in [0.4, 0.5) is 0 Å². The number of ketones is 1. The van der Waals surface area contributed by atoms with Crippen molar-refractivity contribution in [1.29, 1.82) is 5.26 Å². The molecule has 0 atom stereocenters. The van der Waals surface area contributed by atoms with Gasteiger partial charge in [0, 0.05) is 23.1 Å². The van der Waals surface area contributed by atoms with E-state index in [1.165, 1.54) is 11.6 Å². The quantitative estimate of drug-likeness (QED) is 0.768. The van der Waals surface area contributed by atoms with Gasteiger partial charge in [-0.1, -0.05) is 44.2 Å². The summed E-state index contributed by atoms with van der Waals surface area (Å²) >= 11 is 0. The Labute approximate surface area is 142 Å². The standard InChI is InChI=1S/C20H22N2O2/c1-20(2,17-6-4-3-5-7-17)14-22-13-19(24)15-8-9-18(23)16(12-15)10-11-21/h3-9,12,22-23H,10,13-14H2,1-2H3. The number of carbonyl (C=O) groups is 1. The lowest BCUT2D eigenvalue weighted by Gasteiger charge is -2.25. The number of nitriles is 1. The van der Waals surface area contributed by atoms with E-state index in [1.807, 2.05) is 24.3 Å². The summed E-state index contributed by atoms with van der Waals surface area (Å²) in [5.41, 5.74) is 2.12. The first-order chi connectivity index (χ1) is 11.4. The number of phenols is 1. The molecule has 0 spiro atoms. The fraction of sp³-hybridized carbons (Fsp3) is 0.300. The van der Waals surface area contributed by atoms with Crippen molar-refractivity contribution in [3.8, 4) is 11.8 Å². The van der Waals surface area contributed by atoms with Gasteiger partial charge in [-0.2, -0.15) is 5.26 Å². The molecular formula is C20H22N2O2. The highest BCUT2D eigenvalue weighted by Crippen LogP contribution is 2.22. The number of Topliss-reactive ketones (excluding diaryl/α,β-unsaturated/α-hetero) is 1. The van der Waals surface area contributed by atoms with Gasteiger partial charge >= 0.3 is 0 Å². The van der Waals surface area contributed by atoms with Gasteiger partial charge in [-0.25, -0.2) is 0 Å². The number of rotatable bonds is 7. The van der Waals surface area contributed by atoms with Crippen molar-refractivity contribution in [2.75, 3.05) is 13.1 Å². The molecule has 2 aromatic carbocycles. The topological polar surface area (TPSA) is 73.1 Å². The van der Waals surface area contributed by atoms with Crippen molar-refractivity contribution in [1.82, 2.24) is 5.32 Å². The first-order valence-corrected chi connectivity index (χ1v) is 7.92. The third-order valence-electron chi connectivity index (χ3n) is 4.08. The summed E-state index contributed by atoms with van der Waals surface area (Å²) in [6.45, 7) is 5.15. The van der Waals surface area contributed by atoms with Crippen LogP contribution in [0.15, 0.2) is 48.5 Å². The molecule has 0 aromatic heterocycles. The summed E-state index contributed by atoms with van der Waals surface area (Å²) in [7, 11) is 0. The van der Waals surface area contributed by atoms with Crippen molar-refractivity contribution in [3.63, 3.8) is 0 Å². The second-order valence-electron chi connectivity index (χ2n) is 6.46. The molecule has 0 aliphatic heterocycles. The van der Waals surface area contributed by atoms with Crippen LogP contribution in [0.1, 0.15) is 35.3 Å². The van der Waals surface area contributed by atoms with Gasteiger partial charge in [0.25, 0.3) is 0 Å². The molecule has 4 heteroatoms. The lowest BCUT2D eigenvalue weighted by atomic mass is 9.84. The van der Waals surface area contributed by atoms with Crippen molar-refractivity contribution < 1.29 is 9.90 Å². The van der Waals surface area contributed by atoms with E-state index in [9.17, 15) is 9.90 Å². The zero-order valence-corrected chi connectivity index (χ0v) is 14.0. The van der Waals surface area contributed by atoms with Crippen LogP contribution in [0, 0.1) is 11.3 Å². The number of carbonyl (C=O) groups excluding carboxylic acids is 1. The van der Waals surface area contributed by atoms with Crippen molar-refractivity contribution in [2.24, 2.45) is 0 Å². The van der Waals surface area contributed by atoms with Crippen molar-refractivity contribution in [3.05, 3.63) is 65.2 Å². The first-order valence-electron chi connectivity index (χ1n) is 7.92. The molecule has 0 unspecified atom stereocenters. The number of hydrogen-bond acceptors (Lipinski definition) is 4. The molecule has 2 rings (SSSR count). The lowest BCUT2D eigenvalue weighted by molar-refractivity contribution is 0.0989. The maximum Gasteiger partial charge on any atom is 0.176 e. The molecule has 0 fully saturated rings. The Bertz CT molecular complexity index is 746. The average molecular weight is 322 g/mol. The van der Waals surface area contributed by atoms with Gasteiger partial charge in [-0.05, 0) is 23.8 Å². The third kappa shape index (κ3) is 4.43. The summed E-state index contributed by atoms with van der Waals surface area (Å²) in [4.78, 5) is 12.3. The Morgan fingerprint density at radius 3 is 2.58 bits per heavy atom. The monoisotopic (exact) mass is 322 g/mol. The SMILES string of the molecule is CC(C)(CNCC(=O)c1ccc(O)c(CC#N)c1)c1ccccc1. The second-order valence-corrected chi connectivity index (χ2v) is 6.46. The van der Waals surface area contributed by atoms with Gasteiger partial charge in [0.15, 0.2) is 5.78 Å². The minimum Gasteiger partial charge on any atom is -0.508 e. The van der Waals surface area contributed by atoms with Crippen LogP contribution in [-0.2, 0) is 11.8 Å². The molecule has 0 saturated heterocycles. The molecule has 0 aliphatic rings. The highest BCUT2D eigenvalue weighted by molar-refractivity contribution is 5.98. The number of benzene rings is 2. The van der Waals surface area contributed by atoms with E-state index in [0.717, 1.165) is 0 Å². The van der Waals surface area contributed by atoms with E-state index < -0.39 is 0 Å². The zero-order valence-electron chi connectivity index (χ0n) is 14.0. The highest BCUT2D eigenvalue weighted by Gasteiger charge is 2.20. The van der Waals surface area contributed by atoms with Gasteiger partial charge in [-0.15, -0.1) is 0 Å². The summed E-state index contributed by atoms with van der Waals surface area (Å²) < 4.78 is 0. The van der Waals surface area contributed by atoms with Crippen LogP contribution >= 0.6 is 0 Å². The van der Waals surface area contributed by atoms with E-state index in [-0.39, 0.29) is 29.9 Å². The maximum atomic E-state index is 12.3. The van der Waals surface area contributed by atoms with Crippen LogP contribution in [0.25, 0.3) is 0 Å². The smallest absolute Gasteiger partial charge is 0.176 e. The van der Waals surface area contributed by atoms with Crippen LogP contribution < -0.4 is 5.32 Å². The normalized spacial score (nSPS) is 11.0. The van der Waals surface area contributed by atoms with Crippen LogP contribution in [0.2, 0.25) is 0 Å². The average Bonchev–Trinajstić information content (AvgIpc) is 2.57. The molecule has 0 amide bonds. The molecule has 0 saturated carbocycles. The molecule has 0 radical (unpaired) electrons. The predicted molar refractivity (Wildman–Crippen MR) is 94.1 cm³/mol. The number of hydrogen-bond donors (Lipinski definition) is 2. The third-order valence-corrected chi connectivity index (χ3v) is 4.08. The number of phenolic OH excluding ortho intramolecular Hbond substituents is 1. The van der Waals surface area contributed by atoms with E-state index >= 15 is 0 Å². The first kappa shape index (κ1) is 17.7. The van der Waals surface area contributed by atoms with Gasteiger partial charge in [0.05, 0.1) is 19.0 Å². The van der Waals surface area contributed by atoms with E-state index in [4.69, 9.17) is 5.26 Å². The summed E-state index contributed by atoms with van der Waals surface area (Å²) in [5.74, 6) is -0.00989. The maximum absolute atomic E-state index is 12.3. The molecule has 124 valence electrons. The fourth-order valence-electron chi connectivity index (χ4n) is 2.57. The van der Waals surface area contributed by atoms with Crippen molar-refractivity contribution >= 4 is 5.78 Å². The summed E-state index contributed by atoms with van der Waals surface area (Å²) in [6.07, 6.45) is 0.0847. The highest BCUT2D eigenvalue weighted by atomic mass is 16.3. The van der Waals surface area contributed by atoms with Gasteiger partial charge in [0.1, 0.15) is 5.75 Å². The Balaban J connectivity index is 1.96. The van der Waals surface area contributed by atoms with Crippen molar-refractivity contribution in [2.45, 2.75) is 25.7 Å². The van der Waals surface area contributed by atoms with Gasteiger partial charge < -0.3 is 10.4 Å². The van der Waals surface area contributed by atoms with Gasteiger partial charge in [0.2, 0.25) is 0 Å². The van der Waals surface area contributed by atoms with Gasteiger partial charge in [-0.3, -0.25) is 4.79 Å². The van der Waals surface area contributed by atoms with E-state index in [0.29, 0.717) is 17.7 Å². The Hall–Kier alpha value is -2.64. The molecule has 2 N–H and O–H groups in total.